The maximum Gasteiger partial charge on any atom is 0.269 e. The van der Waals surface area contributed by atoms with Gasteiger partial charge in [0.1, 0.15) is 5.75 Å². The van der Waals surface area contributed by atoms with E-state index in [-0.39, 0.29) is 36.9 Å². The monoisotopic (exact) mass is 753 g/mol. The number of nitrogens with one attached hydrogen (secondary N) is 1. The molecule has 4 aromatic rings. The summed E-state index contributed by atoms with van der Waals surface area (Å²) in [5.41, 5.74) is 1.96. The van der Waals surface area contributed by atoms with Crippen LogP contribution in [0.15, 0.2) is 79.0 Å². The molecule has 0 radical (unpaired) electrons. The third-order valence-corrected chi connectivity index (χ3v) is 10.1. The van der Waals surface area contributed by atoms with E-state index in [2.05, 4.69) is 15.6 Å². The molecule has 15 heteroatoms. The van der Waals surface area contributed by atoms with Gasteiger partial charge in [0, 0.05) is 61.7 Å². The predicted octanol–water partition coefficient (Wildman–Crippen LogP) is 4.09. The summed E-state index contributed by atoms with van der Waals surface area (Å²) >= 11 is 0. The van der Waals surface area contributed by atoms with Crippen LogP contribution in [0.4, 0.5) is 22.7 Å². The number of fused-ring (bicyclic) bond motifs is 2. The second kappa shape index (κ2) is 17.3. The summed E-state index contributed by atoms with van der Waals surface area (Å²) in [6.07, 6.45) is 8.08. The molecule has 0 aliphatic carbocycles. The highest BCUT2D eigenvalue weighted by molar-refractivity contribution is 6.08. The number of nitro groups is 1. The fourth-order valence-electron chi connectivity index (χ4n) is 7.18. The summed E-state index contributed by atoms with van der Waals surface area (Å²) in [4.78, 5) is 42.5. The number of benzene rings is 3. The van der Waals surface area contributed by atoms with Gasteiger partial charge in [-0.25, -0.2) is 0 Å². The molecule has 2 amide bonds. The number of carbonyl (C=O) groups is 2. The quantitative estimate of drug-likeness (QED) is 0.0495. The minimum absolute atomic E-state index is 0.0260. The number of non-ortho nitro benzene ring substituents is 1. The van der Waals surface area contributed by atoms with Crippen LogP contribution in [0.1, 0.15) is 55.5 Å². The van der Waals surface area contributed by atoms with Crippen LogP contribution < -0.4 is 19.9 Å². The lowest BCUT2D eigenvalue weighted by atomic mass is 9.82. The third-order valence-electron chi connectivity index (χ3n) is 10.1. The number of nitrogens with zero attached hydrogens (tertiary/aromatic N) is 6. The summed E-state index contributed by atoms with van der Waals surface area (Å²) in [5, 5.41) is 53.7. The van der Waals surface area contributed by atoms with Crippen molar-refractivity contribution in [2.24, 2.45) is 5.92 Å². The van der Waals surface area contributed by atoms with Crippen molar-refractivity contribution in [3.05, 3.63) is 112 Å². The SMILES string of the molecule is CCOc1ccc2c(c1)CC(NCCCCO)C(=O)N2c1ccc(CN2C(=O)[C@](O)([C@H](C)/C=C/CCn3cc(CCO)nn3)c3cc([N+](=O)[O-])ccc32)cc1. The Morgan fingerprint density at radius 1 is 1.07 bits per heavy atom. The first-order chi connectivity index (χ1) is 26.6. The van der Waals surface area contributed by atoms with Gasteiger partial charge in [-0.05, 0) is 86.7 Å². The lowest BCUT2D eigenvalue weighted by molar-refractivity contribution is -0.385. The van der Waals surface area contributed by atoms with Gasteiger partial charge < -0.3 is 30.3 Å². The summed E-state index contributed by atoms with van der Waals surface area (Å²) < 4.78 is 7.40. The van der Waals surface area contributed by atoms with Crippen LogP contribution in [0.2, 0.25) is 0 Å². The highest BCUT2D eigenvalue weighted by atomic mass is 16.6. The van der Waals surface area contributed by atoms with Crippen LogP contribution in [-0.4, -0.2) is 79.5 Å². The van der Waals surface area contributed by atoms with Gasteiger partial charge >= 0.3 is 0 Å². The molecule has 0 saturated heterocycles. The van der Waals surface area contributed by atoms with Gasteiger partial charge in [0.05, 0.1) is 41.2 Å². The fraction of sp³-hybridized carbons (Fsp3) is 0.400. The van der Waals surface area contributed by atoms with Gasteiger partial charge in [-0.15, -0.1) is 5.10 Å². The van der Waals surface area contributed by atoms with Crippen LogP contribution in [0, 0.1) is 16.0 Å². The second-order valence-corrected chi connectivity index (χ2v) is 13.8. The summed E-state index contributed by atoms with van der Waals surface area (Å²) in [6, 6.07) is 16.6. The summed E-state index contributed by atoms with van der Waals surface area (Å²) in [6.45, 7) is 5.33. The average Bonchev–Trinajstić information content (AvgIpc) is 3.72. The Bertz CT molecular complexity index is 2030. The Morgan fingerprint density at radius 2 is 1.85 bits per heavy atom. The van der Waals surface area contributed by atoms with Crippen molar-refractivity contribution in [2.45, 2.75) is 70.7 Å². The van der Waals surface area contributed by atoms with E-state index in [1.807, 2.05) is 55.5 Å². The van der Waals surface area contributed by atoms with E-state index in [1.54, 1.807) is 28.8 Å². The van der Waals surface area contributed by atoms with E-state index in [1.165, 1.54) is 23.1 Å². The maximum atomic E-state index is 14.2. The van der Waals surface area contributed by atoms with Crippen LogP contribution in [0.3, 0.4) is 0 Å². The van der Waals surface area contributed by atoms with E-state index in [4.69, 9.17) is 9.84 Å². The molecular formula is C40H47N7O8. The number of rotatable bonds is 18. The number of hydrogen-bond acceptors (Lipinski definition) is 11. The van der Waals surface area contributed by atoms with E-state index in [0.29, 0.717) is 62.4 Å². The number of aliphatic hydroxyl groups is 3. The van der Waals surface area contributed by atoms with Gasteiger partial charge in [-0.1, -0.05) is 36.4 Å². The molecule has 0 bridgehead atoms. The molecule has 0 fully saturated rings. The highest BCUT2D eigenvalue weighted by Gasteiger charge is 2.53. The Labute approximate surface area is 319 Å². The first kappa shape index (κ1) is 39.2. The zero-order valence-electron chi connectivity index (χ0n) is 31.0. The number of unbranched alkanes of at least 4 members (excludes halogenated alkanes) is 1. The van der Waals surface area contributed by atoms with E-state index in [9.17, 15) is 29.9 Å². The number of ether oxygens (including phenoxy) is 1. The van der Waals surface area contributed by atoms with Crippen molar-refractivity contribution in [3.63, 3.8) is 0 Å². The molecule has 3 atom stereocenters. The predicted molar refractivity (Wildman–Crippen MR) is 205 cm³/mol. The molecule has 3 aromatic carbocycles. The smallest absolute Gasteiger partial charge is 0.269 e. The number of aliphatic hydroxyl groups excluding tert-OH is 2. The Hall–Kier alpha value is -5.48. The van der Waals surface area contributed by atoms with Crippen LogP contribution in [0.25, 0.3) is 0 Å². The standard InChI is InChI=1S/C40H47N7O8/c1-3-55-33-14-16-36-29(22-33)23-35(41-18-5-7-20-48)38(50)46(36)31-11-9-28(10-12-31)25-45-37-15-13-32(47(53)54)24-34(37)40(52,39(45)51)27(2)8-4-6-19-44-26-30(17-21-49)42-43-44/h4,8-16,22,24,26-27,35,41,48-49,52H,3,5-7,17-21,23,25H2,1-2H3/b8-4+/t27-,35?,40+/m1/s1. The fourth-order valence-corrected chi connectivity index (χ4v) is 7.18. The van der Waals surface area contributed by atoms with Gasteiger partial charge in [0.25, 0.3) is 11.6 Å². The Morgan fingerprint density at radius 3 is 2.58 bits per heavy atom. The van der Waals surface area contributed by atoms with Crippen molar-refractivity contribution in [1.82, 2.24) is 20.3 Å². The molecule has 1 aromatic heterocycles. The Kier molecular flexibility index (Phi) is 12.4. The lowest BCUT2D eigenvalue weighted by Crippen LogP contribution is -2.49. The molecule has 2 aliphatic rings. The number of carbonyl (C=O) groups excluding carboxylic acids is 2. The van der Waals surface area contributed by atoms with Crippen molar-refractivity contribution in [1.29, 1.82) is 0 Å². The molecular weight excluding hydrogens is 706 g/mol. The Balaban J connectivity index is 1.23. The lowest BCUT2D eigenvalue weighted by Gasteiger charge is -2.35. The summed E-state index contributed by atoms with van der Waals surface area (Å²) in [7, 11) is 0. The molecule has 1 unspecified atom stereocenters. The second-order valence-electron chi connectivity index (χ2n) is 13.8. The molecule has 3 heterocycles. The number of hydrogen-bond donors (Lipinski definition) is 4. The number of allylic oxidation sites excluding steroid dienone is 1. The highest BCUT2D eigenvalue weighted by Crippen LogP contribution is 2.47. The van der Waals surface area contributed by atoms with Crippen LogP contribution >= 0.6 is 0 Å². The van der Waals surface area contributed by atoms with Crippen molar-refractivity contribution >= 4 is 34.6 Å². The van der Waals surface area contributed by atoms with Crippen LogP contribution in [0.5, 0.6) is 5.75 Å². The van der Waals surface area contributed by atoms with Gasteiger partial charge in [-0.3, -0.25) is 29.3 Å². The van der Waals surface area contributed by atoms with Gasteiger partial charge in [0.2, 0.25) is 5.91 Å². The number of aromatic nitrogens is 3. The number of nitro benzene ring substituents is 1. The minimum Gasteiger partial charge on any atom is -0.494 e. The molecule has 55 heavy (non-hydrogen) atoms. The van der Waals surface area contributed by atoms with Crippen molar-refractivity contribution < 1.29 is 34.6 Å². The first-order valence-corrected chi connectivity index (χ1v) is 18.6. The number of aryl methyl sites for hydroxylation is 1. The zero-order chi connectivity index (χ0) is 39.1. The molecule has 15 nitrogen and oxygen atoms in total. The molecule has 290 valence electrons. The van der Waals surface area contributed by atoms with Crippen LogP contribution in [-0.2, 0) is 41.1 Å². The van der Waals surface area contributed by atoms with E-state index >= 15 is 0 Å². The first-order valence-electron chi connectivity index (χ1n) is 18.6. The molecule has 0 saturated carbocycles. The summed E-state index contributed by atoms with van der Waals surface area (Å²) in [5.74, 6) is -0.740. The molecule has 0 spiro atoms. The van der Waals surface area contributed by atoms with Gasteiger partial charge in [0.15, 0.2) is 5.60 Å². The normalized spacial score (nSPS) is 18.5. The topological polar surface area (TPSA) is 196 Å². The maximum absolute atomic E-state index is 14.2. The van der Waals surface area contributed by atoms with Crippen molar-refractivity contribution in [3.8, 4) is 5.75 Å². The zero-order valence-corrected chi connectivity index (χ0v) is 31.0. The van der Waals surface area contributed by atoms with E-state index < -0.39 is 28.4 Å². The molecule has 4 N–H and O–H groups in total. The largest absolute Gasteiger partial charge is 0.494 e. The average molecular weight is 754 g/mol. The third kappa shape index (κ3) is 8.29. The number of amides is 2. The van der Waals surface area contributed by atoms with E-state index in [0.717, 1.165) is 29.0 Å². The number of anilines is 3. The minimum atomic E-state index is -2.07. The van der Waals surface area contributed by atoms with Crippen molar-refractivity contribution in [2.75, 3.05) is 36.2 Å². The molecule has 6 rings (SSSR count). The van der Waals surface area contributed by atoms with Gasteiger partial charge in [-0.2, -0.15) is 0 Å². The molecule has 2 aliphatic heterocycles.